The van der Waals surface area contributed by atoms with E-state index in [-0.39, 0.29) is 0 Å². The SMILES string of the molecule is CN(C)c1nc2c(s1)CN(c1ncnc3cc(I)sc13)CC2. The standard InChI is InChI=1S/C14H14IN5S2/c1-19(2)14-18-8-3-4-20(6-10(8)21-14)13-12-9(16-7-17-13)5-11(15)22-12/h5,7H,3-4,6H2,1-2H3. The first kappa shape index (κ1) is 14.6. The molecule has 114 valence electrons. The van der Waals surface area contributed by atoms with Crippen LogP contribution >= 0.6 is 45.3 Å². The van der Waals surface area contributed by atoms with Crippen molar-refractivity contribution in [2.75, 3.05) is 30.4 Å². The number of hydrogen-bond donors (Lipinski definition) is 0. The van der Waals surface area contributed by atoms with Crippen LogP contribution in [-0.4, -0.2) is 35.6 Å². The number of anilines is 2. The third kappa shape index (κ3) is 2.46. The molecule has 0 bridgehead atoms. The number of fused-ring (bicyclic) bond motifs is 2. The van der Waals surface area contributed by atoms with E-state index in [1.54, 1.807) is 29.0 Å². The zero-order valence-electron chi connectivity index (χ0n) is 12.2. The van der Waals surface area contributed by atoms with Crippen molar-refractivity contribution in [2.45, 2.75) is 13.0 Å². The predicted octanol–water partition coefficient (Wildman–Crippen LogP) is 3.38. The summed E-state index contributed by atoms with van der Waals surface area (Å²) in [5, 5.41) is 1.09. The second kappa shape index (κ2) is 5.57. The lowest BCUT2D eigenvalue weighted by atomic mass is 10.2. The van der Waals surface area contributed by atoms with Gasteiger partial charge in [0.2, 0.25) is 0 Å². The molecule has 1 aliphatic rings. The molecule has 3 aromatic rings. The Labute approximate surface area is 150 Å². The Morgan fingerprint density at radius 1 is 1.27 bits per heavy atom. The van der Waals surface area contributed by atoms with Crippen molar-refractivity contribution in [3.63, 3.8) is 0 Å². The highest BCUT2D eigenvalue weighted by Crippen LogP contribution is 2.36. The van der Waals surface area contributed by atoms with Crippen LogP contribution in [0.15, 0.2) is 12.4 Å². The maximum absolute atomic E-state index is 4.73. The zero-order valence-corrected chi connectivity index (χ0v) is 16.0. The van der Waals surface area contributed by atoms with Crippen LogP contribution in [0.25, 0.3) is 10.2 Å². The number of thiophene rings is 1. The van der Waals surface area contributed by atoms with Crippen LogP contribution in [0.1, 0.15) is 10.6 Å². The summed E-state index contributed by atoms with van der Waals surface area (Å²) in [5.74, 6) is 1.06. The molecule has 4 heterocycles. The summed E-state index contributed by atoms with van der Waals surface area (Å²) in [4.78, 5) is 19.5. The largest absolute Gasteiger partial charge is 0.354 e. The van der Waals surface area contributed by atoms with Gasteiger partial charge in [0.25, 0.3) is 0 Å². The van der Waals surface area contributed by atoms with Gasteiger partial charge in [-0.05, 0) is 28.7 Å². The maximum atomic E-state index is 4.73. The molecule has 3 aromatic heterocycles. The Hall–Kier alpha value is -1.000. The molecular formula is C14H14IN5S2. The zero-order chi connectivity index (χ0) is 15.3. The van der Waals surface area contributed by atoms with Crippen molar-refractivity contribution < 1.29 is 0 Å². The highest BCUT2D eigenvalue weighted by atomic mass is 127. The fraction of sp³-hybridized carbons (Fsp3) is 0.357. The molecule has 0 unspecified atom stereocenters. The summed E-state index contributed by atoms with van der Waals surface area (Å²) in [7, 11) is 4.09. The molecule has 0 aliphatic carbocycles. The summed E-state index contributed by atoms with van der Waals surface area (Å²) >= 11 is 5.90. The number of nitrogens with zero attached hydrogens (tertiary/aromatic N) is 5. The summed E-state index contributed by atoms with van der Waals surface area (Å²) < 4.78 is 2.44. The fourth-order valence-electron chi connectivity index (χ4n) is 2.59. The minimum atomic E-state index is 0.890. The van der Waals surface area contributed by atoms with Crippen LogP contribution in [0.5, 0.6) is 0 Å². The van der Waals surface area contributed by atoms with Crippen molar-refractivity contribution in [2.24, 2.45) is 0 Å². The second-order valence-corrected chi connectivity index (χ2v) is 9.40. The van der Waals surface area contributed by atoms with Crippen LogP contribution in [0.2, 0.25) is 0 Å². The molecule has 0 fully saturated rings. The Bertz CT molecular complexity index is 841. The number of thiazole rings is 1. The molecular weight excluding hydrogens is 429 g/mol. The highest BCUT2D eigenvalue weighted by Gasteiger charge is 2.24. The average molecular weight is 443 g/mol. The average Bonchev–Trinajstić information content (AvgIpc) is 3.07. The van der Waals surface area contributed by atoms with Crippen molar-refractivity contribution in [3.05, 3.63) is 25.8 Å². The normalized spacial score (nSPS) is 14.4. The number of rotatable bonds is 2. The highest BCUT2D eigenvalue weighted by molar-refractivity contribution is 14.1. The van der Waals surface area contributed by atoms with Crippen molar-refractivity contribution >= 4 is 66.4 Å². The molecule has 0 radical (unpaired) electrons. The number of halogens is 1. The van der Waals surface area contributed by atoms with Gasteiger partial charge in [-0.3, -0.25) is 0 Å². The van der Waals surface area contributed by atoms with Gasteiger partial charge in [0.15, 0.2) is 5.13 Å². The van der Waals surface area contributed by atoms with E-state index in [9.17, 15) is 0 Å². The summed E-state index contributed by atoms with van der Waals surface area (Å²) in [6.07, 6.45) is 2.65. The van der Waals surface area contributed by atoms with Gasteiger partial charge in [0, 0.05) is 31.9 Å². The second-order valence-electron chi connectivity index (χ2n) is 5.39. The van der Waals surface area contributed by atoms with E-state index in [1.807, 2.05) is 14.1 Å². The smallest absolute Gasteiger partial charge is 0.185 e. The summed E-state index contributed by atoms with van der Waals surface area (Å²) in [6.45, 7) is 1.85. The summed E-state index contributed by atoms with van der Waals surface area (Å²) in [5.41, 5.74) is 2.29. The van der Waals surface area contributed by atoms with Gasteiger partial charge in [-0.25, -0.2) is 15.0 Å². The first-order valence-electron chi connectivity index (χ1n) is 6.92. The Kier molecular flexibility index (Phi) is 3.69. The van der Waals surface area contributed by atoms with Crippen molar-refractivity contribution in [3.8, 4) is 0 Å². The van der Waals surface area contributed by atoms with Crippen LogP contribution in [0.4, 0.5) is 10.9 Å². The molecule has 0 atom stereocenters. The molecule has 4 rings (SSSR count). The Morgan fingerprint density at radius 2 is 2.14 bits per heavy atom. The predicted molar refractivity (Wildman–Crippen MR) is 101 cm³/mol. The first-order valence-corrected chi connectivity index (χ1v) is 9.64. The molecule has 0 saturated heterocycles. The van der Waals surface area contributed by atoms with Gasteiger partial charge in [-0.15, -0.1) is 11.3 Å². The van der Waals surface area contributed by atoms with Crippen LogP contribution in [0.3, 0.4) is 0 Å². The lowest BCUT2D eigenvalue weighted by molar-refractivity contribution is 0.721. The molecule has 0 amide bonds. The number of hydrogen-bond acceptors (Lipinski definition) is 7. The lowest BCUT2D eigenvalue weighted by Gasteiger charge is -2.27. The molecule has 5 nitrogen and oxygen atoms in total. The van der Waals surface area contributed by atoms with E-state index >= 15 is 0 Å². The van der Waals surface area contributed by atoms with E-state index in [0.717, 1.165) is 36.0 Å². The van der Waals surface area contributed by atoms with Gasteiger partial charge >= 0.3 is 0 Å². The van der Waals surface area contributed by atoms with E-state index in [0.29, 0.717) is 0 Å². The Balaban J connectivity index is 1.71. The monoisotopic (exact) mass is 443 g/mol. The lowest BCUT2D eigenvalue weighted by Crippen LogP contribution is -2.30. The van der Waals surface area contributed by atoms with Crippen molar-refractivity contribution in [1.82, 2.24) is 15.0 Å². The van der Waals surface area contributed by atoms with Crippen LogP contribution in [0, 0.1) is 2.88 Å². The van der Waals surface area contributed by atoms with Crippen LogP contribution < -0.4 is 9.80 Å². The third-order valence-electron chi connectivity index (χ3n) is 3.66. The topological polar surface area (TPSA) is 45.2 Å². The summed E-state index contributed by atoms with van der Waals surface area (Å²) in [6, 6.07) is 2.12. The fourth-order valence-corrected chi connectivity index (χ4v) is 5.45. The molecule has 0 N–H and O–H groups in total. The van der Waals surface area contributed by atoms with E-state index in [4.69, 9.17) is 4.98 Å². The van der Waals surface area contributed by atoms with Gasteiger partial charge < -0.3 is 9.80 Å². The molecule has 1 aliphatic heterocycles. The minimum Gasteiger partial charge on any atom is -0.354 e. The molecule has 0 aromatic carbocycles. The third-order valence-corrected chi connectivity index (χ3v) is 6.80. The number of aromatic nitrogens is 3. The molecule has 0 saturated carbocycles. The molecule has 8 heteroatoms. The van der Waals surface area contributed by atoms with Gasteiger partial charge in [-0.1, -0.05) is 11.3 Å². The first-order chi connectivity index (χ1) is 10.6. The van der Waals surface area contributed by atoms with E-state index < -0.39 is 0 Å². The minimum absolute atomic E-state index is 0.890. The van der Waals surface area contributed by atoms with Gasteiger partial charge in [0.05, 0.1) is 25.3 Å². The van der Waals surface area contributed by atoms with Gasteiger partial charge in [0.1, 0.15) is 12.1 Å². The molecule has 0 spiro atoms. The van der Waals surface area contributed by atoms with E-state index in [1.165, 1.54) is 18.2 Å². The van der Waals surface area contributed by atoms with E-state index in [2.05, 4.69) is 48.4 Å². The van der Waals surface area contributed by atoms with Crippen LogP contribution in [-0.2, 0) is 13.0 Å². The quantitative estimate of drug-likeness (QED) is 0.569. The van der Waals surface area contributed by atoms with Crippen molar-refractivity contribution in [1.29, 1.82) is 0 Å². The van der Waals surface area contributed by atoms with Gasteiger partial charge in [-0.2, -0.15) is 0 Å². The molecule has 22 heavy (non-hydrogen) atoms. The maximum Gasteiger partial charge on any atom is 0.185 e. The Morgan fingerprint density at radius 3 is 2.95 bits per heavy atom.